The molecule has 0 amide bonds. The molecular formula is C18H26F2N2O5S. The number of benzene rings is 1. The van der Waals surface area contributed by atoms with E-state index in [4.69, 9.17) is 9.47 Å². The zero-order valence-electron chi connectivity index (χ0n) is 15.8. The highest BCUT2D eigenvalue weighted by Gasteiger charge is 2.37. The Morgan fingerprint density at radius 1 is 1.25 bits per heavy atom. The molecule has 0 aliphatic carbocycles. The van der Waals surface area contributed by atoms with Crippen LogP contribution in [0.4, 0.5) is 8.78 Å². The van der Waals surface area contributed by atoms with Gasteiger partial charge in [0.15, 0.2) is 11.6 Å². The van der Waals surface area contributed by atoms with Gasteiger partial charge in [0.2, 0.25) is 10.0 Å². The number of sulfonamides is 1. The van der Waals surface area contributed by atoms with Gasteiger partial charge in [-0.2, -0.15) is 0 Å². The molecule has 1 aromatic rings. The molecule has 0 saturated carbocycles. The fourth-order valence-corrected chi connectivity index (χ4v) is 4.54. The molecule has 1 unspecified atom stereocenters. The third-order valence-electron chi connectivity index (χ3n) is 5.20. The van der Waals surface area contributed by atoms with Crippen molar-refractivity contribution in [2.75, 3.05) is 52.3 Å². The van der Waals surface area contributed by atoms with E-state index in [1.165, 1.54) is 16.6 Å². The van der Waals surface area contributed by atoms with E-state index in [9.17, 15) is 22.3 Å². The maximum atomic E-state index is 13.3. The number of hydrogen-bond acceptors (Lipinski definition) is 6. The lowest BCUT2D eigenvalue weighted by Crippen LogP contribution is -2.54. The zero-order valence-corrected chi connectivity index (χ0v) is 16.6. The number of hydrogen-bond donors (Lipinski definition) is 1. The normalized spacial score (nSPS) is 26.1. The van der Waals surface area contributed by atoms with Crippen molar-refractivity contribution in [3.8, 4) is 5.75 Å². The summed E-state index contributed by atoms with van der Waals surface area (Å²) in [5.74, 6) is -1.85. The molecule has 1 N–H and O–H groups in total. The minimum atomic E-state index is -3.19. The summed E-state index contributed by atoms with van der Waals surface area (Å²) in [5, 5.41) is 11.0. The summed E-state index contributed by atoms with van der Waals surface area (Å²) in [6, 6.07) is 3.35. The standard InChI is InChI=1S/C18H26F2N2O5S/c1-28(24,25)22-6-4-14(5-7-22)21-8-9-26-12-18(23,11-21)13-27-15-2-3-16(19)17(20)10-15/h2-3,10,14,23H,4-9,11-13H2,1H3. The smallest absolute Gasteiger partial charge is 0.211 e. The van der Waals surface area contributed by atoms with Crippen LogP contribution in [0.25, 0.3) is 0 Å². The van der Waals surface area contributed by atoms with Crippen LogP contribution in [0.5, 0.6) is 5.75 Å². The lowest BCUT2D eigenvalue weighted by atomic mass is 10.0. The van der Waals surface area contributed by atoms with Crippen LogP contribution in [0, 0.1) is 11.6 Å². The molecule has 7 nitrogen and oxygen atoms in total. The van der Waals surface area contributed by atoms with Crippen molar-refractivity contribution >= 4 is 10.0 Å². The summed E-state index contributed by atoms with van der Waals surface area (Å²) >= 11 is 0. The number of halogens is 2. The van der Waals surface area contributed by atoms with Gasteiger partial charge in [-0.15, -0.1) is 0 Å². The molecule has 2 aliphatic rings. The van der Waals surface area contributed by atoms with Crippen molar-refractivity contribution in [3.63, 3.8) is 0 Å². The summed E-state index contributed by atoms with van der Waals surface area (Å²) in [7, 11) is -3.19. The molecule has 1 aromatic carbocycles. The first-order valence-electron chi connectivity index (χ1n) is 9.23. The van der Waals surface area contributed by atoms with Crippen LogP contribution in [0.3, 0.4) is 0 Å². The monoisotopic (exact) mass is 420 g/mol. The van der Waals surface area contributed by atoms with Gasteiger partial charge < -0.3 is 14.6 Å². The van der Waals surface area contributed by atoms with Crippen LogP contribution < -0.4 is 4.74 Å². The second-order valence-corrected chi connectivity index (χ2v) is 9.49. The topological polar surface area (TPSA) is 79.3 Å². The molecule has 3 rings (SSSR count). The Kier molecular flexibility index (Phi) is 6.55. The molecule has 2 heterocycles. The quantitative estimate of drug-likeness (QED) is 0.760. The predicted molar refractivity (Wildman–Crippen MR) is 98.6 cm³/mol. The molecule has 2 saturated heterocycles. The molecule has 0 aromatic heterocycles. The highest BCUT2D eigenvalue weighted by Crippen LogP contribution is 2.24. The van der Waals surface area contributed by atoms with E-state index in [1.807, 2.05) is 0 Å². The fourth-order valence-electron chi connectivity index (χ4n) is 3.67. The van der Waals surface area contributed by atoms with E-state index in [1.54, 1.807) is 0 Å². The average Bonchev–Trinajstić information content (AvgIpc) is 2.84. The largest absolute Gasteiger partial charge is 0.490 e. The molecule has 2 fully saturated rings. The van der Waals surface area contributed by atoms with Crippen molar-refractivity contribution < 1.29 is 31.8 Å². The summed E-state index contributed by atoms with van der Waals surface area (Å²) in [6.07, 6.45) is 2.56. The van der Waals surface area contributed by atoms with Crippen molar-refractivity contribution in [1.82, 2.24) is 9.21 Å². The van der Waals surface area contributed by atoms with Gasteiger partial charge in [-0.25, -0.2) is 21.5 Å². The maximum Gasteiger partial charge on any atom is 0.211 e. The highest BCUT2D eigenvalue weighted by molar-refractivity contribution is 7.88. The van der Waals surface area contributed by atoms with Crippen LogP contribution in [0.15, 0.2) is 18.2 Å². The molecule has 0 radical (unpaired) electrons. The molecule has 0 spiro atoms. The Morgan fingerprint density at radius 3 is 2.61 bits per heavy atom. The van der Waals surface area contributed by atoms with Gasteiger partial charge in [0.05, 0.1) is 19.5 Å². The van der Waals surface area contributed by atoms with Gasteiger partial charge in [-0.3, -0.25) is 4.90 Å². The fraction of sp³-hybridized carbons (Fsp3) is 0.667. The van der Waals surface area contributed by atoms with Gasteiger partial charge in [0.1, 0.15) is 18.0 Å². The van der Waals surface area contributed by atoms with Crippen molar-refractivity contribution in [2.24, 2.45) is 0 Å². The average molecular weight is 420 g/mol. The highest BCUT2D eigenvalue weighted by atomic mass is 32.2. The van der Waals surface area contributed by atoms with Crippen molar-refractivity contribution in [1.29, 1.82) is 0 Å². The SMILES string of the molecule is CS(=O)(=O)N1CCC(N2CCOCC(O)(COc3ccc(F)c(F)c3)C2)CC1. The van der Waals surface area contributed by atoms with E-state index in [0.717, 1.165) is 12.1 Å². The minimum absolute atomic E-state index is 0.0648. The Hall–Kier alpha value is -1.33. The first kappa shape index (κ1) is 21.4. The first-order chi connectivity index (χ1) is 13.2. The maximum absolute atomic E-state index is 13.3. The number of nitrogens with zero attached hydrogens (tertiary/aromatic N) is 2. The number of β-amino-alcohol motifs (C(OH)–C–C–N with tert-alkyl or cyclic N) is 1. The van der Waals surface area contributed by atoms with Crippen molar-refractivity contribution in [2.45, 2.75) is 24.5 Å². The van der Waals surface area contributed by atoms with Gasteiger partial charge in [-0.05, 0) is 25.0 Å². The van der Waals surface area contributed by atoms with Gasteiger partial charge in [-0.1, -0.05) is 0 Å². The van der Waals surface area contributed by atoms with E-state index in [2.05, 4.69) is 4.90 Å². The molecular weight excluding hydrogens is 394 g/mol. The summed E-state index contributed by atoms with van der Waals surface area (Å²) in [4.78, 5) is 2.10. The van der Waals surface area contributed by atoms with Crippen LogP contribution in [-0.2, 0) is 14.8 Å². The van der Waals surface area contributed by atoms with Crippen LogP contribution in [0.2, 0.25) is 0 Å². The van der Waals surface area contributed by atoms with E-state index < -0.39 is 27.3 Å². The Labute approximate surface area is 163 Å². The summed E-state index contributed by atoms with van der Waals surface area (Å²) in [5.41, 5.74) is -1.31. The Morgan fingerprint density at radius 2 is 1.96 bits per heavy atom. The Bertz CT molecular complexity index is 786. The number of ether oxygens (including phenoxy) is 2. The molecule has 1 atom stereocenters. The van der Waals surface area contributed by atoms with E-state index in [0.29, 0.717) is 45.6 Å². The minimum Gasteiger partial charge on any atom is -0.490 e. The summed E-state index contributed by atoms with van der Waals surface area (Å²) < 4.78 is 62.2. The lowest BCUT2D eigenvalue weighted by Gasteiger charge is -2.39. The van der Waals surface area contributed by atoms with Gasteiger partial charge in [0, 0.05) is 38.3 Å². The Balaban J connectivity index is 1.60. The molecule has 28 heavy (non-hydrogen) atoms. The predicted octanol–water partition coefficient (Wildman–Crippen LogP) is 0.831. The second kappa shape index (κ2) is 8.58. The van der Waals surface area contributed by atoms with Crippen LogP contribution >= 0.6 is 0 Å². The van der Waals surface area contributed by atoms with Crippen LogP contribution in [-0.4, -0.2) is 86.6 Å². The molecule has 2 aliphatic heterocycles. The first-order valence-corrected chi connectivity index (χ1v) is 11.1. The molecule has 0 bridgehead atoms. The van der Waals surface area contributed by atoms with E-state index >= 15 is 0 Å². The second-order valence-electron chi connectivity index (χ2n) is 7.51. The number of piperidine rings is 1. The van der Waals surface area contributed by atoms with E-state index in [-0.39, 0.29) is 25.0 Å². The summed E-state index contributed by atoms with van der Waals surface area (Å²) in [6.45, 7) is 2.19. The van der Waals surface area contributed by atoms with Gasteiger partial charge in [0.25, 0.3) is 0 Å². The molecule has 10 heteroatoms. The molecule has 158 valence electrons. The number of aliphatic hydroxyl groups is 1. The number of rotatable bonds is 5. The van der Waals surface area contributed by atoms with Gasteiger partial charge >= 0.3 is 0 Å². The van der Waals surface area contributed by atoms with Crippen molar-refractivity contribution in [3.05, 3.63) is 29.8 Å². The lowest BCUT2D eigenvalue weighted by molar-refractivity contribution is -0.0684. The third-order valence-corrected chi connectivity index (χ3v) is 6.50. The van der Waals surface area contributed by atoms with Crippen LogP contribution in [0.1, 0.15) is 12.8 Å². The third kappa shape index (κ3) is 5.38. The zero-order chi connectivity index (χ0) is 20.4.